The van der Waals surface area contributed by atoms with Gasteiger partial charge in [0, 0.05) is 24.7 Å². The standard InChI is InChI=1S/C16H22ClN3O2/c1-5-20(15(21)22-16(2,3)4)9-8-19-14-10-13(17)7-6-12(14)11-18/h6-7,10,19H,5,8-9H2,1-4H3. The molecule has 0 saturated heterocycles. The molecule has 0 aliphatic carbocycles. The first kappa shape index (κ1) is 18.1. The maximum absolute atomic E-state index is 12.0. The Balaban J connectivity index is 2.60. The van der Waals surface area contributed by atoms with Crippen LogP contribution < -0.4 is 5.32 Å². The van der Waals surface area contributed by atoms with E-state index < -0.39 is 5.60 Å². The second-order valence-electron chi connectivity index (χ2n) is 5.79. The molecule has 0 fully saturated rings. The van der Waals surface area contributed by atoms with Gasteiger partial charge in [-0.25, -0.2) is 4.79 Å². The van der Waals surface area contributed by atoms with Crippen molar-refractivity contribution in [3.63, 3.8) is 0 Å². The van der Waals surface area contributed by atoms with Gasteiger partial charge in [0.1, 0.15) is 11.7 Å². The number of halogens is 1. The summed E-state index contributed by atoms with van der Waals surface area (Å²) in [6, 6.07) is 7.13. The van der Waals surface area contributed by atoms with Crippen LogP contribution in [0.3, 0.4) is 0 Å². The largest absolute Gasteiger partial charge is 0.444 e. The van der Waals surface area contributed by atoms with Crippen LogP contribution in [0.15, 0.2) is 18.2 Å². The topological polar surface area (TPSA) is 65.4 Å². The summed E-state index contributed by atoms with van der Waals surface area (Å²) in [6.07, 6.45) is -0.344. The number of anilines is 1. The zero-order valence-electron chi connectivity index (χ0n) is 13.4. The minimum Gasteiger partial charge on any atom is -0.444 e. The van der Waals surface area contributed by atoms with E-state index in [1.54, 1.807) is 23.1 Å². The smallest absolute Gasteiger partial charge is 0.410 e. The van der Waals surface area contributed by atoms with Crippen LogP contribution >= 0.6 is 11.6 Å². The average Bonchev–Trinajstić information content (AvgIpc) is 2.41. The Kier molecular flexibility index (Phi) is 6.51. The lowest BCUT2D eigenvalue weighted by molar-refractivity contribution is 0.0267. The third-order valence-corrected chi connectivity index (χ3v) is 3.07. The first-order valence-electron chi connectivity index (χ1n) is 7.18. The van der Waals surface area contributed by atoms with Crippen LogP contribution in [0.2, 0.25) is 5.02 Å². The Labute approximate surface area is 136 Å². The van der Waals surface area contributed by atoms with Crippen molar-refractivity contribution in [1.29, 1.82) is 5.26 Å². The highest BCUT2D eigenvalue weighted by Gasteiger charge is 2.20. The first-order valence-corrected chi connectivity index (χ1v) is 7.56. The SMILES string of the molecule is CCN(CCNc1cc(Cl)ccc1C#N)C(=O)OC(C)(C)C. The number of nitriles is 1. The molecule has 0 saturated carbocycles. The fourth-order valence-electron chi connectivity index (χ4n) is 1.79. The van der Waals surface area contributed by atoms with E-state index in [0.29, 0.717) is 35.9 Å². The number of benzene rings is 1. The zero-order chi connectivity index (χ0) is 16.8. The summed E-state index contributed by atoms with van der Waals surface area (Å²) in [6.45, 7) is 8.93. The summed E-state index contributed by atoms with van der Waals surface area (Å²) in [7, 11) is 0. The van der Waals surface area contributed by atoms with Crippen molar-refractivity contribution in [2.75, 3.05) is 25.0 Å². The molecule has 0 aromatic heterocycles. The second-order valence-corrected chi connectivity index (χ2v) is 6.22. The predicted molar refractivity (Wildman–Crippen MR) is 88.1 cm³/mol. The molecule has 1 aromatic rings. The minimum atomic E-state index is -0.515. The number of ether oxygens (including phenoxy) is 1. The van der Waals surface area contributed by atoms with Gasteiger partial charge in [-0.3, -0.25) is 0 Å². The van der Waals surface area contributed by atoms with Crippen LogP contribution in [0.4, 0.5) is 10.5 Å². The molecule has 0 heterocycles. The van der Waals surface area contributed by atoms with Gasteiger partial charge in [0.25, 0.3) is 0 Å². The van der Waals surface area contributed by atoms with Gasteiger partial charge >= 0.3 is 6.09 Å². The quantitative estimate of drug-likeness (QED) is 0.893. The number of nitrogens with zero attached hydrogens (tertiary/aromatic N) is 2. The van der Waals surface area contributed by atoms with E-state index >= 15 is 0 Å². The zero-order valence-corrected chi connectivity index (χ0v) is 14.2. The van der Waals surface area contributed by atoms with Gasteiger partial charge < -0.3 is 15.0 Å². The normalized spacial score (nSPS) is 10.7. The molecule has 0 atom stereocenters. The second kappa shape index (κ2) is 7.90. The Morgan fingerprint density at radius 2 is 2.14 bits per heavy atom. The number of amides is 1. The van der Waals surface area contributed by atoms with Gasteiger partial charge in [-0.15, -0.1) is 0 Å². The molecular formula is C16H22ClN3O2. The Hall–Kier alpha value is -1.93. The Bertz CT molecular complexity index is 561. The van der Waals surface area contributed by atoms with Gasteiger partial charge in [0.15, 0.2) is 0 Å². The number of carbonyl (C=O) groups excluding carboxylic acids is 1. The van der Waals surface area contributed by atoms with Crippen LogP contribution in [0.25, 0.3) is 0 Å². The molecule has 0 radical (unpaired) electrons. The molecule has 0 unspecified atom stereocenters. The van der Waals surface area contributed by atoms with E-state index in [0.717, 1.165) is 0 Å². The number of hydrogen-bond donors (Lipinski definition) is 1. The van der Waals surface area contributed by atoms with Gasteiger partial charge in [-0.1, -0.05) is 11.6 Å². The van der Waals surface area contributed by atoms with Crippen LogP contribution in [0, 0.1) is 11.3 Å². The summed E-state index contributed by atoms with van der Waals surface area (Å²) >= 11 is 5.93. The number of nitrogens with one attached hydrogen (secondary N) is 1. The van der Waals surface area contributed by atoms with Gasteiger partial charge in [0.05, 0.1) is 11.3 Å². The Morgan fingerprint density at radius 1 is 1.45 bits per heavy atom. The van der Waals surface area contributed by atoms with Crippen molar-refractivity contribution in [2.24, 2.45) is 0 Å². The summed E-state index contributed by atoms with van der Waals surface area (Å²) in [5.41, 5.74) is 0.666. The fraction of sp³-hybridized carbons (Fsp3) is 0.500. The molecule has 22 heavy (non-hydrogen) atoms. The molecule has 120 valence electrons. The lowest BCUT2D eigenvalue weighted by Crippen LogP contribution is -2.39. The fourth-order valence-corrected chi connectivity index (χ4v) is 1.96. The molecule has 0 bridgehead atoms. The molecule has 0 aliphatic heterocycles. The summed E-state index contributed by atoms with van der Waals surface area (Å²) in [4.78, 5) is 13.6. The maximum Gasteiger partial charge on any atom is 0.410 e. The van der Waals surface area contributed by atoms with Gasteiger partial charge in [-0.05, 0) is 45.9 Å². The van der Waals surface area contributed by atoms with Gasteiger partial charge in [-0.2, -0.15) is 5.26 Å². The molecule has 5 nitrogen and oxygen atoms in total. The van der Waals surface area contributed by atoms with Crippen LogP contribution in [0.5, 0.6) is 0 Å². The summed E-state index contributed by atoms with van der Waals surface area (Å²) in [5, 5.41) is 12.7. The van der Waals surface area contributed by atoms with Gasteiger partial charge in [0.2, 0.25) is 0 Å². The molecule has 1 aromatic carbocycles. The van der Waals surface area contributed by atoms with E-state index in [1.165, 1.54) is 0 Å². The average molecular weight is 324 g/mol. The van der Waals surface area contributed by atoms with Crippen LogP contribution in [-0.4, -0.2) is 36.2 Å². The molecular weight excluding hydrogens is 302 g/mol. The summed E-state index contributed by atoms with van der Waals surface area (Å²) < 4.78 is 5.34. The minimum absolute atomic E-state index is 0.344. The highest BCUT2D eigenvalue weighted by molar-refractivity contribution is 6.30. The molecule has 0 aliphatic rings. The van der Waals surface area contributed by atoms with E-state index in [-0.39, 0.29) is 6.09 Å². The van der Waals surface area contributed by atoms with Crippen molar-refractivity contribution in [2.45, 2.75) is 33.3 Å². The van der Waals surface area contributed by atoms with E-state index in [2.05, 4.69) is 11.4 Å². The molecule has 6 heteroatoms. The number of carbonyl (C=O) groups is 1. The highest BCUT2D eigenvalue weighted by atomic mass is 35.5. The van der Waals surface area contributed by atoms with E-state index in [9.17, 15) is 4.79 Å². The number of likely N-dealkylation sites (N-methyl/N-ethyl adjacent to an activating group) is 1. The highest BCUT2D eigenvalue weighted by Crippen LogP contribution is 2.20. The first-order chi connectivity index (χ1) is 10.3. The number of hydrogen-bond acceptors (Lipinski definition) is 4. The molecule has 1 amide bonds. The predicted octanol–water partition coefficient (Wildman–Crippen LogP) is 3.88. The lowest BCUT2D eigenvalue weighted by Gasteiger charge is -2.26. The van der Waals surface area contributed by atoms with Crippen molar-refractivity contribution >= 4 is 23.4 Å². The van der Waals surface area contributed by atoms with Crippen LogP contribution in [-0.2, 0) is 4.74 Å². The lowest BCUT2D eigenvalue weighted by atomic mass is 10.2. The molecule has 1 N–H and O–H groups in total. The number of rotatable bonds is 5. The maximum atomic E-state index is 12.0. The third kappa shape index (κ3) is 5.82. The van der Waals surface area contributed by atoms with E-state index in [4.69, 9.17) is 21.6 Å². The monoisotopic (exact) mass is 323 g/mol. The van der Waals surface area contributed by atoms with E-state index in [1.807, 2.05) is 27.7 Å². The van der Waals surface area contributed by atoms with Crippen molar-refractivity contribution in [3.8, 4) is 6.07 Å². The summed E-state index contributed by atoms with van der Waals surface area (Å²) in [5.74, 6) is 0. The van der Waals surface area contributed by atoms with Crippen LogP contribution in [0.1, 0.15) is 33.3 Å². The van der Waals surface area contributed by atoms with Crippen molar-refractivity contribution in [3.05, 3.63) is 28.8 Å². The van der Waals surface area contributed by atoms with Crippen molar-refractivity contribution in [1.82, 2.24) is 4.90 Å². The third-order valence-electron chi connectivity index (χ3n) is 2.83. The van der Waals surface area contributed by atoms with Crippen molar-refractivity contribution < 1.29 is 9.53 Å². The Morgan fingerprint density at radius 3 is 2.68 bits per heavy atom. The molecule has 1 rings (SSSR count). The molecule has 0 spiro atoms.